The maximum absolute atomic E-state index is 14.5. The van der Waals surface area contributed by atoms with Crippen molar-refractivity contribution in [2.24, 2.45) is 0 Å². The maximum Gasteiger partial charge on any atom is 0.432 e. The van der Waals surface area contributed by atoms with Crippen molar-refractivity contribution in [2.45, 2.75) is 19.6 Å². The standard InChI is InChI=1S/C26H19Cl2F3N2O3/c1-2-36-18-10-11-21-19(13-18)22(23(34)25(35)32-17-6-4-3-5-7-17)24(26(29,30)31)33(21)14-15-8-9-16(27)12-20(15)28/h3-13H,2,14H2,1H3,(H,32,35). The van der Waals surface area contributed by atoms with Crippen LogP contribution >= 0.6 is 23.2 Å². The lowest BCUT2D eigenvalue weighted by atomic mass is 10.0. The van der Waals surface area contributed by atoms with Crippen LogP contribution in [0.5, 0.6) is 5.75 Å². The van der Waals surface area contributed by atoms with Crippen molar-refractivity contribution >= 4 is 51.5 Å². The first kappa shape index (κ1) is 25.6. The van der Waals surface area contributed by atoms with E-state index in [9.17, 15) is 22.8 Å². The minimum Gasteiger partial charge on any atom is -0.494 e. The number of alkyl halides is 3. The fourth-order valence-electron chi connectivity index (χ4n) is 3.92. The topological polar surface area (TPSA) is 60.3 Å². The van der Waals surface area contributed by atoms with Crippen molar-refractivity contribution < 1.29 is 27.5 Å². The molecule has 36 heavy (non-hydrogen) atoms. The van der Waals surface area contributed by atoms with Crippen molar-refractivity contribution in [1.29, 1.82) is 0 Å². The Morgan fingerprint density at radius 2 is 1.72 bits per heavy atom. The largest absolute Gasteiger partial charge is 0.494 e. The fraction of sp³-hybridized carbons (Fsp3) is 0.154. The molecule has 0 aliphatic heterocycles. The Bertz CT molecular complexity index is 1450. The zero-order chi connectivity index (χ0) is 26.0. The molecule has 0 bridgehead atoms. The Labute approximate surface area is 214 Å². The molecule has 0 fully saturated rings. The van der Waals surface area contributed by atoms with E-state index < -0.39 is 29.1 Å². The molecular weight excluding hydrogens is 516 g/mol. The lowest BCUT2D eigenvalue weighted by Gasteiger charge is -2.15. The second-order valence-corrected chi connectivity index (χ2v) is 8.65. The van der Waals surface area contributed by atoms with Crippen molar-refractivity contribution in [3.63, 3.8) is 0 Å². The number of Topliss-reactive ketones (excluding diaryl/α,β-unsaturated/α-hetero) is 1. The maximum atomic E-state index is 14.5. The van der Waals surface area contributed by atoms with Crippen LogP contribution in [-0.4, -0.2) is 22.9 Å². The number of ketones is 1. The van der Waals surface area contributed by atoms with Gasteiger partial charge in [-0.15, -0.1) is 0 Å². The first-order chi connectivity index (χ1) is 17.1. The van der Waals surface area contributed by atoms with Gasteiger partial charge in [-0.25, -0.2) is 0 Å². The molecule has 0 saturated carbocycles. The molecule has 3 aromatic carbocycles. The summed E-state index contributed by atoms with van der Waals surface area (Å²) in [7, 11) is 0. The number of fused-ring (bicyclic) bond motifs is 1. The molecule has 0 aliphatic carbocycles. The molecule has 1 N–H and O–H groups in total. The summed E-state index contributed by atoms with van der Waals surface area (Å²) in [4.78, 5) is 26.1. The average Bonchev–Trinajstić information content (AvgIpc) is 3.15. The summed E-state index contributed by atoms with van der Waals surface area (Å²) in [6, 6.07) is 16.7. The molecule has 10 heteroatoms. The minimum absolute atomic E-state index is 0.0634. The molecule has 4 aromatic rings. The van der Waals surface area contributed by atoms with E-state index in [4.69, 9.17) is 27.9 Å². The summed E-state index contributed by atoms with van der Waals surface area (Å²) in [6.07, 6.45) is -4.97. The molecule has 0 spiro atoms. The first-order valence-corrected chi connectivity index (χ1v) is 11.6. The summed E-state index contributed by atoms with van der Waals surface area (Å²) in [5.41, 5.74) is -1.31. The Morgan fingerprint density at radius 1 is 1.00 bits per heavy atom. The highest BCUT2D eigenvalue weighted by Crippen LogP contribution is 2.40. The number of benzene rings is 3. The number of nitrogens with one attached hydrogen (secondary N) is 1. The van der Waals surface area contributed by atoms with E-state index in [2.05, 4.69) is 5.32 Å². The molecule has 1 heterocycles. The second-order valence-electron chi connectivity index (χ2n) is 7.80. The number of aromatic nitrogens is 1. The molecule has 0 aliphatic rings. The Hall–Kier alpha value is -3.49. The molecule has 0 unspecified atom stereocenters. The van der Waals surface area contributed by atoms with E-state index in [0.29, 0.717) is 10.6 Å². The molecule has 1 aromatic heterocycles. The average molecular weight is 535 g/mol. The first-order valence-electron chi connectivity index (χ1n) is 10.8. The van der Waals surface area contributed by atoms with Gasteiger partial charge in [0, 0.05) is 33.2 Å². The van der Waals surface area contributed by atoms with E-state index in [1.54, 1.807) is 25.1 Å². The SMILES string of the molecule is CCOc1ccc2c(c1)c(C(=O)C(=O)Nc1ccccc1)c(C(F)(F)F)n2Cc1ccc(Cl)cc1Cl. The molecule has 0 atom stereocenters. The van der Waals surface area contributed by atoms with E-state index >= 15 is 0 Å². The normalized spacial score (nSPS) is 11.5. The predicted molar refractivity (Wildman–Crippen MR) is 133 cm³/mol. The quantitative estimate of drug-likeness (QED) is 0.201. The van der Waals surface area contributed by atoms with Crippen LogP contribution in [0, 0.1) is 0 Å². The number of nitrogens with zero attached hydrogens (tertiary/aromatic N) is 1. The summed E-state index contributed by atoms with van der Waals surface area (Å²) in [5, 5.41) is 2.79. The van der Waals surface area contributed by atoms with Gasteiger partial charge in [0.05, 0.1) is 12.2 Å². The smallest absolute Gasteiger partial charge is 0.432 e. The van der Waals surface area contributed by atoms with Gasteiger partial charge in [-0.3, -0.25) is 9.59 Å². The van der Waals surface area contributed by atoms with Gasteiger partial charge < -0.3 is 14.6 Å². The summed E-state index contributed by atoms with van der Waals surface area (Å²) in [6.45, 7) is 1.66. The van der Waals surface area contributed by atoms with Crippen LogP contribution in [0.4, 0.5) is 18.9 Å². The second kappa shape index (κ2) is 10.2. The summed E-state index contributed by atoms with van der Waals surface area (Å²) < 4.78 is 50.0. The van der Waals surface area contributed by atoms with E-state index in [1.807, 2.05) is 0 Å². The van der Waals surface area contributed by atoms with Gasteiger partial charge in [0.2, 0.25) is 0 Å². The van der Waals surface area contributed by atoms with Crippen LogP contribution in [0.1, 0.15) is 28.5 Å². The molecule has 0 radical (unpaired) electrons. The number of halogens is 5. The number of carbonyl (C=O) groups excluding carboxylic acids is 2. The van der Waals surface area contributed by atoms with E-state index in [1.165, 1.54) is 48.5 Å². The van der Waals surface area contributed by atoms with Crippen molar-refractivity contribution in [3.8, 4) is 5.75 Å². The van der Waals surface area contributed by atoms with Crippen LogP contribution in [0.2, 0.25) is 10.0 Å². The zero-order valence-corrected chi connectivity index (χ0v) is 20.3. The molecular formula is C26H19Cl2F3N2O3. The third-order valence-electron chi connectivity index (χ3n) is 5.42. The lowest BCUT2D eigenvalue weighted by Crippen LogP contribution is -2.26. The van der Waals surface area contributed by atoms with Crippen LogP contribution in [0.3, 0.4) is 0 Å². The van der Waals surface area contributed by atoms with E-state index in [0.717, 1.165) is 4.57 Å². The highest BCUT2D eigenvalue weighted by Gasteiger charge is 2.42. The predicted octanol–water partition coefficient (Wildman–Crippen LogP) is 7.24. The highest BCUT2D eigenvalue weighted by molar-refractivity contribution is 6.48. The minimum atomic E-state index is -4.97. The molecule has 0 saturated heterocycles. The fourth-order valence-corrected chi connectivity index (χ4v) is 4.39. The molecule has 5 nitrogen and oxygen atoms in total. The van der Waals surface area contributed by atoms with Crippen molar-refractivity contribution in [3.05, 3.63) is 93.6 Å². The number of ether oxygens (including phenoxy) is 1. The lowest BCUT2D eigenvalue weighted by molar-refractivity contribution is -0.143. The number of amides is 1. The number of hydrogen-bond donors (Lipinski definition) is 1. The van der Waals surface area contributed by atoms with Gasteiger partial charge in [0.15, 0.2) is 0 Å². The van der Waals surface area contributed by atoms with E-state index in [-0.39, 0.29) is 40.5 Å². The van der Waals surface area contributed by atoms with Gasteiger partial charge in [-0.2, -0.15) is 13.2 Å². The Balaban J connectivity index is 1.93. The van der Waals surface area contributed by atoms with Crippen molar-refractivity contribution in [2.75, 3.05) is 11.9 Å². The molecule has 186 valence electrons. The zero-order valence-electron chi connectivity index (χ0n) is 18.8. The van der Waals surface area contributed by atoms with Gasteiger partial charge >= 0.3 is 6.18 Å². The van der Waals surface area contributed by atoms with Crippen LogP contribution < -0.4 is 10.1 Å². The van der Waals surface area contributed by atoms with Crippen LogP contribution in [0.15, 0.2) is 66.7 Å². The highest BCUT2D eigenvalue weighted by atomic mass is 35.5. The third kappa shape index (κ3) is 5.20. The van der Waals surface area contributed by atoms with Crippen LogP contribution in [0.25, 0.3) is 10.9 Å². The van der Waals surface area contributed by atoms with Gasteiger partial charge in [0.25, 0.3) is 11.7 Å². The summed E-state index contributed by atoms with van der Waals surface area (Å²) >= 11 is 12.2. The van der Waals surface area contributed by atoms with Crippen molar-refractivity contribution in [1.82, 2.24) is 4.57 Å². The van der Waals surface area contributed by atoms with Gasteiger partial charge in [-0.1, -0.05) is 47.5 Å². The Kier molecular flexibility index (Phi) is 7.28. The summed E-state index contributed by atoms with van der Waals surface area (Å²) in [5.74, 6) is -2.26. The number of rotatable bonds is 7. The van der Waals surface area contributed by atoms with Gasteiger partial charge in [0.1, 0.15) is 11.4 Å². The monoisotopic (exact) mass is 534 g/mol. The van der Waals surface area contributed by atoms with Gasteiger partial charge in [-0.05, 0) is 55.0 Å². The number of para-hydroxylation sites is 1. The third-order valence-corrected chi connectivity index (χ3v) is 6.01. The number of hydrogen-bond acceptors (Lipinski definition) is 3. The molecule has 4 rings (SSSR count). The molecule has 1 amide bonds. The number of anilines is 1. The number of carbonyl (C=O) groups is 2. The Morgan fingerprint density at radius 3 is 2.36 bits per heavy atom. The van der Waals surface area contributed by atoms with Crippen LogP contribution in [-0.2, 0) is 17.5 Å².